The van der Waals surface area contributed by atoms with E-state index in [1.54, 1.807) is 0 Å². The molecular weight excluding hydrogens is 381 g/mol. The van der Waals surface area contributed by atoms with Gasteiger partial charge in [0.2, 0.25) is 15.9 Å². The molecule has 28 heavy (non-hydrogen) atoms. The van der Waals surface area contributed by atoms with Crippen LogP contribution in [0.4, 0.5) is 10.1 Å². The second-order valence-corrected chi connectivity index (χ2v) is 8.14. The van der Waals surface area contributed by atoms with Crippen molar-refractivity contribution in [1.82, 2.24) is 10.0 Å². The van der Waals surface area contributed by atoms with Crippen LogP contribution in [0.2, 0.25) is 0 Å². The minimum absolute atomic E-state index is 0.0248. The number of anilines is 1. The molecule has 0 saturated carbocycles. The molecule has 0 bridgehead atoms. The standard InChI is InChI=1S/C20H26FN3O3S/c1-3-24(18-6-4-5-16(2)15-18)14-13-22-20(25)11-12-23-28(26,27)19-9-7-17(21)8-10-19/h4-10,15,23H,3,11-14H2,1-2H3,(H,22,25). The van der Waals surface area contributed by atoms with Crippen molar-refractivity contribution in [3.63, 3.8) is 0 Å². The lowest BCUT2D eigenvalue weighted by Crippen LogP contribution is -2.36. The van der Waals surface area contributed by atoms with Crippen LogP contribution in [0.5, 0.6) is 0 Å². The molecule has 0 atom stereocenters. The fraction of sp³-hybridized carbons (Fsp3) is 0.350. The molecule has 0 aliphatic rings. The second kappa shape index (κ2) is 10.2. The van der Waals surface area contributed by atoms with Crippen molar-refractivity contribution in [3.05, 3.63) is 59.9 Å². The number of hydrogen-bond acceptors (Lipinski definition) is 4. The number of carbonyl (C=O) groups excluding carboxylic acids is 1. The summed E-state index contributed by atoms with van der Waals surface area (Å²) in [5.41, 5.74) is 2.28. The molecule has 0 unspecified atom stereocenters. The molecule has 0 radical (unpaired) electrons. The third-order valence-corrected chi connectivity index (χ3v) is 5.70. The normalized spacial score (nSPS) is 11.2. The van der Waals surface area contributed by atoms with E-state index in [4.69, 9.17) is 0 Å². The Balaban J connectivity index is 1.74. The van der Waals surface area contributed by atoms with E-state index in [0.29, 0.717) is 13.1 Å². The fourth-order valence-corrected chi connectivity index (χ4v) is 3.74. The van der Waals surface area contributed by atoms with E-state index in [-0.39, 0.29) is 23.8 Å². The molecule has 8 heteroatoms. The molecule has 2 N–H and O–H groups in total. The lowest BCUT2D eigenvalue weighted by atomic mass is 10.2. The first kappa shape index (κ1) is 21.8. The number of likely N-dealkylation sites (N-methyl/N-ethyl adjacent to an activating group) is 1. The topological polar surface area (TPSA) is 78.5 Å². The van der Waals surface area contributed by atoms with Crippen molar-refractivity contribution < 1.29 is 17.6 Å². The number of carbonyl (C=O) groups is 1. The quantitative estimate of drug-likeness (QED) is 0.634. The molecule has 1 amide bonds. The van der Waals surface area contributed by atoms with Gasteiger partial charge in [0, 0.05) is 38.3 Å². The summed E-state index contributed by atoms with van der Waals surface area (Å²) in [6, 6.07) is 12.7. The summed E-state index contributed by atoms with van der Waals surface area (Å²) in [6.07, 6.45) is 0.0248. The largest absolute Gasteiger partial charge is 0.370 e. The molecule has 0 aliphatic heterocycles. The first-order chi connectivity index (χ1) is 13.3. The van der Waals surface area contributed by atoms with E-state index in [0.717, 1.165) is 24.4 Å². The van der Waals surface area contributed by atoms with Crippen molar-refractivity contribution in [3.8, 4) is 0 Å². The number of sulfonamides is 1. The van der Waals surface area contributed by atoms with Crippen molar-refractivity contribution in [1.29, 1.82) is 0 Å². The Morgan fingerprint density at radius 2 is 1.82 bits per heavy atom. The summed E-state index contributed by atoms with van der Waals surface area (Å²) < 4.78 is 39.4. The number of nitrogens with one attached hydrogen (secondary N) is 2. The van der Waals surface area contributed by atoms with Crippen molar-refractivity contribution in [2.45, 2.75) is 25.2 Å². The minimum Gasteiger partial charge on any atom is -0.370 e. The van der Waals surface area contributed by atoms with Gasteiger partial charge in [-0.15, -0.1) is 0 Å². The average molecular weight is 408 g/mol. The predicted octanol–water partition coefficient (Wildman–Crippen LogP) is 2.45. The van der Waals surface area contributed by atoms with Crippen LogP contribution in [-0.4, -0.2) is 40.5 Å². The van der Waals surface area contributed by atoms with E-state index in [1.807, 2.05) is 32.0 Å². The maximum Gasteiger partial charge on any atom is 0.240 e. The summed E-state index contributed by atoms with van der Waals surface area (Å²) in [5, 5.41) is 2.80. The number of halogens is 1. The smallest absolute Gasteiger partial charge is 0.240 e. The zero-order valence-electron chi connectivity index (χ0n) is 16.1. The Labute approximate surface area is 165 Å². The van der Waals surface area contributed by atoms with E-state index in [9.17, 15) is 17.6 Å². The van der Waals surface area contributed by atoms with E-state index in [1.165, 1.54) is 17.7 Å². The van der Waals surface area contributed by atoms with Gasteiger partial charge in [-0.2, -0.15) is 0 Å². The zero-order valence-corrected chi connectivity index (χ0v) is 16.9. The molecule has 0 aromatic heterocycles. The van der Waals surface area contributed by atoms with Gasteiger partial charge in [0.25, 0.3) is 0 Å². The Hall–Kier alpha value is -2.45. The van der Waals surface area contributed by atoms with Gasteiger partial charge in [-0.05, 0) is 55.8 Å². The molecule has 2 aromatic carbocycles. The third-order valence-electron chi connectivity index (χ3n) is 4.22. The van der Waals surface area contributed by atoms with Crippen molar-refractivity contribution >= 4 is 21.6 Å². The maximum absolute atomic E-state index is 12.9. The third kappa shape index (κ3) is 6.61. The highest BCUT2D eigenvalue weighted by Gasteiger charge is 2.14. The lowest BCUT2D eigenvalue weighted by Gasteiger charge is -2.23. The predicted molar refractivity (Wildman–Crippen MR) is 108 cm³/mol. The van der Waals surface area contributed by atoms with Crippen molar-refractivity contribution in [2.24, 2.45) is 0 Å². The van der Waals surface area contributed by atoms with Crippen LogP contribution in [0.15, 0.2) is 53.4 Å². The van der Waals surface area contributed by atoms with E-state index in [2.05, 4.69) is 21.0 Å². The highest BCUT2D eigenvalue weighted by Crippen LogP contribution is 2.15. The Bertz CT molecular complexity index is 886. The molecule has 0 fully saturated rings. The Morgan fingerprint density at radius 1 is 1.11 bits per heavy atom. The van der Waals surface area contributed by atoms with Crippen LogP contribution in [0.25, 0.3) is 0 Å². The van der Waals surface area contributed by atoms with Crippen LogP contribution in [-0.2, 0) is 14.8 Å². The van der Waals surface area contributed by atoms with Gasteiger partial charge in [-0.25, -0.2) is 17.5 Å². The van der Waals surface area contributed by atoms with Crippen LogP contribution in [0.3, 0.4) is 0 Å². The highest BCUT2D eigenvalue weighted by atomic mass is 32.2. The van der Waals surface area contributed by atoms with Gasteiger partial charge in [0.15, 0.2) is 0 Å². The van der Waals surface area contributed by atoms with Crippen molar-refractivity contribution in [2.75, 3.05) is 31.1 Å². The fourth-order valence-electron chi connectivity index (χ4n) is 2.71. The van der Waals surface area contributed by atoms with Gasteiger partial charge in [-0.3, -0.25) is 4.79 Å². The minimum atomic E-state index is -3.76. The number of aryl methyl sites for hydroxylation is 1. The highest BCUT2D eigenvalue weighted by molar-refractivity contribution is 7.89. The molecule has 2 aromatic rings. The van der Waals surface area contributed by atoms with Crippen LogP contribution in [0.1, 0.15) is 18.9 Å². The SMILES string of the molecule is CCN(CCNC(=O)CCNS(=O)(=O)c1ccc(F)cc1)c1cccc(C)c1. The second-order valence-electron chi connectivity index (χ2n) is 6.37. The monoisotopic (exact) mass is 407 g/mol. The Kier molecular flexibility index (Phi) is 7.95. The summed E-state index contributed by atoms with van der Waals surface area (Å²) in [6.45, 7) is 6.00. The molecule has 0 heterocycles. The van der Waals surface area contributed by atoms with Gasteiger partial charge >= 0.3 is 0 Å². The first-order valence-corrected chi connectivity index (χ1v) is 10.6. The summed E-state index contributed by atoms with van der Waals surface area (Å²) >= 11 is 0. The molecule has 152 valence electrons. The van der Waals surface area contributed by atoms with Gasteiger partial charge in [-0.1, -0.05) is 12.1 Å². The average Bonchev–Trinajstić information content (AvgIpc) is 2.65. The molecule has 0 saturated heterocycles. The van der Waals surface area contributed by atoms with E-state index < -0.39 is 15.8 Å². The summed E-state index contributed by atoms with van der Waals surface area (Å²) in [4.78, 5) is 14.1. The first-order valence-electron chi connectivity index (χ1n) is 9.15. The number of benzene rings is 2. The number of nitrogens with zero attached hydrogens (tertiary/aromatic N) is 1. The van der Waals surface area contributed by atoms with Gasteiger partial charge < -0.3 is 10.2 Å². The molecule has 6 nitrogen and oxygen atoms in total. The summed E-state index contributed by atoms with van der Waals surface area (Å²) in [7, 11) is -3.76. The maximum atomic E-state index is 12.9. The zero-order chi connectivity index (χ0) is 20.6. The van der Waals surface area contributed by atoms with Gasteiger partial charge in [0.1, 0.15) is 5.82 Å². The molecule has 2 rings (SSSR count). The van der Waals surface area contributed by atoms with Gasteiger partial charge in [0.05, 0.1) is 4.90 Å². The van der Waals surface area contributed by atoms with Crippen LogP contribution in [0, 0.1) is 12.7 Å². The van der Waals surface area contributed by atoms with Crippen LogP contribution < -0.4 is 14.9 Å². The number of rotatable bonds is 10. The Morgan fingerprint density at radius 3 is 2.46 bits per heavy atom. The van der Waals surface area contributed by atoms with E-state index >= 15 is 0 Å². The summed E-state index contributed by atoms with van der Waals surface area (Å²) in [5.74, 6) is -0.743. The molecular formula is C20H26FN3O3S. The molecule has 0 aliphatic carbocycles. The van der Waals surface area contributed by atoms with Crippen LogP contribution >= 0.6 is 0 Å². The number of hydrogen-bond donors (Lipinski definition) is 2. The number of amides is 1. The lowest BCUT2D eigenvalue weighted by molar-refractivity contribution is -0.120. The molecule has 0 spiro atoms.